The smallest absolute Gasteiger partial charge is 0.339 e. The number of carbonyl (C=O) groups is 1. The predicted octanol–water partition coefficient (Wildman–Crippen LogP) is 2.40. The molecular formula is C13H10F2N2O2. The van der Waals surface area contributed by atoms with E-state index in [0.717, 1.165) is 6.07 Å². The topological polar surface area (TPSA) is 65.2 Å². The van der Waals surface area contributed by atoms with E-state index >= 15 is 0 Å². The first-order valence-corrected chi connectivity index (χ1v) is 5.32. The molecule has 0 saturated carbocycles. The summed E-state index contributed by atoms with van der Waals surface area (Å²) in [6.07, 6.45) is 1.21. The predicted molar refractivity (Wildman–Crippen MR) is 65.3 cm³/mol. The summed E-state index contributed by atoms with van der Waals surface area (Å²) < 4.78 is 31.4. The zero-order chi connectivity index (χ0) is 14.0. The van der Waals surface area contributed by atoms with Gasteiger partial charge in [0.05, 0.1) is 12.7 Å². The average molecular weight is 264 g/mol. The molecule has 2 N–H and O–H groups in total. The third-order valence-corrected chi connectivity index (χ3v) is 2.58. The minimum Gasteiger partial charge on any atom is -0.465 e. The molecule has 0 amide bonds. The Morgan fingerprint density at radius 2 is 2.05 bits per heavy atom. The fourth-order valence-electron chi connectivity index (χ4n) is 1.63. The molecule has 0 aliphatic rings. The van der Waals surface area contributed by atoms with Gasteiger partial charge in [-0.25, -0.2) is 18.6 Å². The van der Waals surface area contributed by atoms with Crippen LogP contribution in [0, 0.1) is 11.6 Å². The summed E-state index contributed by atoms with van der Waals surface area (Å²) in [7, 11) is 1.21. The van der Waals surface area contributed by atoms with Crippen LogP contribution in [0.1, 0.15) is 10.4 Å². The van der Waals surface area contributed by atoms with Crippen LogP contribution in [-0.2, 0) is 4.74 Å². The number of nitrogen functional groups attached to an aromatic ring is 1. The van der Waals surface area contributed by atoms with E-state index in [9.17, 15) is 13.6 Å². The number of carbonyl (C=O) groups excluding carboxylic acids is 1. The van der Waals surface area contributed by atoms with Crippen LogP contribution in [0.25, 0.3) is 11.1 Å². The van der Waals surface area contributed by atoms with Gasteiger partial charge in [0.1, 0.15) is 5.82 Å². The number of rotatable bonds is 2. The Balaban J connectivity index is 2.61. The molecule has 0 spiro atoms. The minimum atomic E-state index is -1.04. The number of methoxy groups -OCH3 is 1. The van der Waals surface area contributed by atoms with Crippen LogP contribution in [0.3, 0.4) is 0 Å². The summed E-state index contributed by atoms with van der Waals surface area (Å²) in [4.78, 5) is 15.2. The van der Waals surface area contributed by atoms with Crippen LogP contribution in [0.15, 0.2) is 30.5 Å². The van der Waals surface area contributed by atoms with Gasteiger partial charge in [-0.2, -0.15) is 0 Å². The number of esters is 1. The SMILES string of the molecule is COC(=O)c1cnc(N)c(-c2cccc(F)c2F)c1. The van der Waals surface area contributed by atoms with Crippen molar-refractivity contribution >= 4 is 11.8 Å². The molecular weight excluding hydrogens is 254 g/mol. The fraction of sp³-hybridized carbons (Fsp3) is 0.0769. The van der Waals surface area contributed by atoms with Gasteiger partial charge in [-0.3, -0.25) is 0 Å². The molecule has 0 radical (unpaired) electrons. The highest BCUT2D eigenvalue weighted by atomic mass is 19.2. The maximum atomic E-state index is 13.7. The lowest BCUT2D eigenvalue weighted by molar-refractivity contribution is 0.0600. The summed E-state index contributed by atoms with van der Waals surface area (Å²) in [6, 6.07) is 5.00. The first-order chi connectivity index (χ1) is 9.04. The van der Waals surface area contributed by atoms with E-state index in [1.807, 2.05) is 0 Å². The summed E-state index contributed by atoms with van der Waals surface area (Å²) in [5, 5.41) is 0. The van der Waals surface area contributed by atoms with E-state index in [4.69, 9.17) is 5.73 Å². The number of halogens is 2. The minimum absolute atomic E-state index is 0.00264. The molecule has 0 saturated heterocycles. The number of benzene rings is 1. The highest BCUT2D eigenvalue weighted by Crippen LogP contribution is 2.29. The van der Waals surface area contributed by atoms with Crippen LogP contribution in [-0.4, -0.2) is 18.1 Å². The van der Waals surface area contributed by atoms with E-state index in [1.54, 1.807) is 0 Å². The van der Waals surface area contributed by atoms with Crippen LogP contribution >= 0.6 is 0 Å². The lowest BCUT2D eigenvalue weighted by atomic mass is 10.0. The average Bonchev–Trinajstić information content (AvgIpc) is 2.42. The number of hydrogen-bond acceptors (Lipinski definition) is 4. The first kappa shape index (κ1) is 12.9. The van der Waals surface area contributed by atoms with E-state index in [2.05, 4.69) is 9.72 Å². The van der Waals surface area contributed by atoms with Crippen LogP contribution in [0.5, 0.6) is 0 Å². The summed E-state index contributed by atoms with van der Waals surface area (Å²) in [6.45, 7) is 0. The number of hydrogen-bond donors (Lipinski definition) is 1. The Labute approximate surface area is 107 Å². The van der Waals surface area contributed by atoms with Gasteiger partial charge < -0.3 is 10.5 Å². The van der Waals surface area contributed by atoms with Crippen molar-refractivity contribution in [3.8, 4) is 11.1 Å². The zero-order valence-corrected chi connectivity index (χ0v) is 9.98. The Morgan fingerprint density at radius 3 is 2.74 bits per heavy atom. The fourth-order valence-corrected chi connectivity index (χ4v) is 1.63. The number of nitrogens with two attached hydrogens (primary N) is 1. The monoisotopic (exact) mass is 264 g/mol. The number of aromatic nitrogens is 1. The van der Waals surface area contributed by atoms with Gasteiger partial charge in [-0.05, 0) is 12.1 Å². The molecule has 0 aliphatic carbocycles. The highest BCUT2D eigenvalue weighted by Gasteiger charge is 2.15. The number of pyridine rings is 1. The van der Waals surface area contributed by atoms with E-state index < -0.39 is 17.6 Å². The summed E-state index contributed by atoms with van der Waals surface area (Å²) in [5.74, 6) is -2.68. The van der Waals surface area contributed by atoms with Crippen LogP contribution in [0.2, 0.25) is 0 Å². The third kappa shape index (κ3) is 2.37. The molecule has 0 bridgehead atoms. The number of ether oxygens (including phenoxy) is 1. The summed E-state index contributed by atoms with van der Waals surface area (Å²) in [5.41, 5.74) is 5.82. The molecule has 1 aromatic carbocycles. The lowest BCUT2D eigenvalue weighted by Gasteiger charge is -2.08. The Hall–Kier alpha value is -2.50. The molecule has 19 heavy (non-hydrogen) atoms. The first-order valence-electron chi connectivity index (χ1n) is 5.32. The molecule has 2 aromatic rings. The molecule has 0 atom stereocenters. The van der Waals surface area contributed by atoms with Crippen molar-refractivity contribution in [3.05, 3.63) is 47.7 Å². The van der Waals surface area contributed by atoms with Gasteiger partial charge in [0.15, 0.2) is 11.6 Å². The van der Waals surface area contributed by atoms with Gasteiger partial charge >= 0.3 is 5.97 Å². The molecule has 0 fully saturated rings. The molecule has 2 rings (SSSR count). The van der Waals surface area contributed by atoms with Gasteiger partial charge in [0.2, 0.25) is 0 Å². The molecule has 4 nitrogen and oxygen atoms in total. The van der Waals surface area contributed by atoms with Gasteiger partial charge in [0.25, 0.3) is 0 Å². The number of anilines is 1. The molecule has 98 valence electrons. The third-order valence-electron chi connectivity index (χ3n) is 2.58. The second kappa shape index (κ2) is 5.01. The Bertz CT molecular complexity index is 645. The summed E-state index contributed by atoms with van der Waals surface area (Å²) >= 11 is 0. The van der Waals surface area contributed by atoms with Crippen LogP contribution < -0.4 is 5.73 Å². The number of nitrogens with zero attached hydrogens (tertiary/aromatic N) is 1. The zero-order valence-electron chi connectivity index (χ0n) is 9.98. The molecule has 1 aromatic heterocycles. The highest BCUT2D eigenvalue weighted by molar-refractivity contribution is 5.92. The Kier molecular flexibility index (Phi) is 3.41. The van der Waals surface area contributed by atoms with E-state index in [1.165, 1.54) is 31.5 Å². The molecule has 0 unspecified atom stereocenters. The van der Waals surface area contributed by atoms with Crippen molar-refractivity contribution in [1.82, 2.24) is 4.98 Å². The Morgan fingerprint density at radius 1 is 1.32 bits per heavy atom. The van der Waals surface area contributed by atoms with Crippen molar-refractivity contribution in [3.63, 3.8) is 0 Å². The maximum Gasteiger partial charge on any atom is 0.339 e. The van der Waals surface area contributed by atoms with Gasteiger partial charge in [0, 0.05) is 17.3 Å². The van der Waals surface area contributed by atoms with Crippen molar-refractivity contribution in [2.24, 2.45) is 0 Å². The lowest BCUT2D eigenvalue weighted by Crippen LogP contribution is -2.05. The van der Waals surface area contributed by atoms with Crippen molar-refractivity contribution in [2.45, 2.75) is 0 Å². The van der Waals surface area contributed by atoms with Crippen molar-refractivity contribution in [2.75, 3.05) is 12.8 Å². The maximum absolute atomic E-state index is 13.7. The molecule has 6 heteroatoms. The van der Waals surface area contributed by atoms with Gasteiger partial charge in [-0.15, -0.1) is 0 Å². The van der Waals surface area contributed by atoms with E-state index in [-0.39, 0.29) is 22.5 Å². The van der Waals surface area contributed by atoms with E-state index in [0.29, 0.717) is 0 Å². The largest absolute Gasteiger partial charge is 0.465 e. The second-order valence-electron chi connectivity index (χ2n) is 3.75. The second-order valence-corrected chi connectivity index (χ2v) is 3.75. The van der Waals surface area contributed by atoms with Crippen molar-refractivity contribution in [1.29, 1.82) is 0 Å². The van der Waals surface area contributed by atoms with Crippen LogP contribution in [0.4, 0.5) is 14.6 Å². The molecule has 0 aliphatic heterocycles. The van der Waals surface area contributed by atoms with Crippen molar-refractivity contribution < 1.29 is 18.3 Å². The standard InChI is InChI=1S/C13H10F2N2O2/c1-19-13(18)7-5-9(12(16)17-6-7)8-3-2-4-10(14)11(8)15/h2-6H,1H3,(H2,16,17). The molecule has 1 heterocycles. The quantitative estimate of drug-likeness (QED) is 0.846. The van der Waals surface area contributed by atoms with Gasteiger partial charge in [-0.1, -0.05) is 12.1 Å². The normalized spacial score (nSPS) is 10.3.